The topological polar surface area (TPSA) is 73.6 Å². The third kappa shape index (κ3) is 4.05. The molecule has 1 N–H and O–H groups in total. The highest BCUT2D eigenvalue weighted by Gasteiger charge is 2.19. The normalized spacial score (nSPS) is 12.0. The first-order valence-electron chi connectivity index (χ1n) is 7.76. The molecule has 1 amide bonds. The Morgan fingerprint density at radius 1 is 1.19 bits per heavy atom. The molecule has 2 aromatic carbocycles. The summed E-state index contributed by atoms with van der Waals surface area (Å²) in [5.74, 6) is 0.960. The van der Waals surface area contributed by atoms with Crippen molar-refractivity contribution in [2.24, 2.45) is 0 Å². The molecule has 0 aliphatic carbocycles. The first-order valence-corrected chi connectivity index (χ1v) is 9.01. The summed E-state index contributed by atoms with van der Waals surface area (Å²) >= 11 is 7.17. The summed E-state index contributed by atoms with van der Waals surface area (Å²) in [7, 11) is 3.10. The lowest BCUT2D eigenvalue weighted by Crippen LogP contribution is -2.22. The number of rotatable bonds is 6. The zero-order valence-corrected chi connectivity index (χ0v) is 16.0. The zero-order valence-electron chi connectivity index (χ0n) is 14.4. The van der Waals surface area contributed by atoms with E-state index in [-0.39, 0.29) is 5.91 Å². The fourth-order valence-corrected chi connectivity index (χ4v) is 3.21. The molecule has 1 aromatic heterocycles. The SMILES string of the molecule is COc1ccc(NC(=O)[C@@H](C)Sc2nc3ccc(Cl)cc3o2)cc1OC. The average molecular weight is 393 g/mol. The van der Waals surface area contributed by atoms with Crippen LogP contribution in [-0.4, -0.2) is 30.4 Å². The number of carbonyl (C=O) groups is 1. The number of oxazole rings is 1. The number of halogens is 1. The Hall–Kier alpha value is -2.38. The molecular formula is C18H17ClN2O4S. The summed E-state index contributed by atoms with van der Waals surface area (Å²) < 4.78 is 16.1. The quantitative estimate of drug-likeness (QED) is 0.617. The van der Waals surface area contributed by atoms with Gasteiger partial charge in [0, 0.05) is 22.8 Å². The number of hydrogen-bond donors (Lipinski definition) is 1. The predicted molar refractivity (Wildman–Crippen MR) is 103 cm³/mol. The second-order valence-electron chi connectivity index (χ2n) is 5.41. The van der Waals surface area contributed by atoms with Crippen molar-refractivity contribution in [2.45, 2.75) is 17.4 Å². The van der Waals surface area contributed by atoms with Gasteiger partial charge in [-0.1, -0.05) is 23.4 Å². The van der Waals surface area contributed by atoms with E-state index in [4.69, 9.17) is 25.5 Å². The summed E-state index contributed by atoms with van der Waals surface area (Å²) in [6.07, 6.45) is 0. The van der Waals surface area contributed by atoms with E-state index in [2.05, 4.69) is 10.3 Å². The molecule has 26 heavy (non-hydrogen) atoms. The summed E-state index contributed by atoms with van der Waals surface area (Å²) in [6, 6.07) is 10.4. The van der Waals surface area contributed by atoms with Crippen LogP contribution in [-0.2, 0) is 4.79 Å². The molecule has 6 nitrogen and oxygen atoms in total. The minimum atomic E-state index is -0.411. The van der Waals surface area contributed by atoms with Gasteiger partial charge in [-0.15, -0.1) is 0 Å². The van der Waals surface area contributed by atoms with Gasteiger partial charge in [-0.25, -0.2) is 4.98 Å². The molecule has 1 atom stereocenters. The van der Waals surface area contributed by atoms with Crippen molar-refractivity contribution in [3.63, 3.8) is 0 Å². The summed E-state index contributed by atoms with van der Waals surface area (Å²) in [5.41, 5.74) is 1.90. The molecule has 0 aliphatic heterocycles. The molecular weight excluding hydrogens is 376 g/mol. The molecule has 0 fully saturated rings. The third-order valence-electron chi connectivity index (χ3n) is 3.63. The van der Waals surface area contributed by atoms with E-state index in [1.54, 1.807) is 57.5 Å². The molecule has 0 aliphatic rings. The molecule has 136 valence electrons. The lowest BCUT2D eigenvalue weighted by Gasteiger charge is -2.12. The zero-order chi connectivity index (χ0) is 18.7. The van der Waals surface area contributed by atoms with Gasteiger partial charge in [0.2, 0.25) is 5.91 Å². The van der Waals surface area contributed by atoms with Gasteiger partial charge in [-0.05, 0) is 31.2 Å². The Bertz CT molecular complexity index is 944. The van der Waals surface area contributed by atoms with Crippen LogP contribution >= 0.6 is 23.4 Å². The number of benzene rings is 2. The van der Waals surface area contributed by atoms with E-state index < -0.39 is 5.25 Å². The Kier molecular flexibility index (Phi) is 5.58. The second-order valence-corrected chi connectivity index (χ2v) is 7.14. The maximum atomic E-state index is 12.4. The Labute approximate surface area is 159 Å². The summed E-state index contributed by atoms with van der Waals surface area (Å²) in [4.78, 5) is 16.8. The number of anilines is 1. The summed E-state index contributed by atoms with van der Waals surface area (Å²) in [5, 5.41) is 3.42. The van der Waals surface area contributed by atoms with Gasteiger partial charge in [-0.3, -0.25) is 4.79 Å². The molecule has 0 saturated heterocycles. The second kappa shape index (κ2) is 7.88. The number of thioether (sulfide) groups is 1. The monoisotopic (exact) mass is 392 g/mol. The molecule has 3 aromatic rings. The van der Waals surface area contributed by atoms with Gasteiger partial charge in [0.25, 0.3) is 5.22 Å². The van der Waals surface area contributed by atoms with Gasteiger partial charge >= 0.3 is 0 Å². The van der Waals surface area contributed by atoms with Crippen LogP contribution in [0.1, 0.15) is 6.92 Å². The minimum absolute atomic E-state index is 0.178. The van der Waals surface area contributed by atoms with Crippen molar-refractivity contribution in [3.05, 3.63) is 41.4 Å². The number of nitrogens with zero attached hydrogens (tertiary/aromatic N) is 1. The number of ether oxygens (including phenoxy) is 2. The molecule has 8 heteroatoms. The number of hydrogen-bond acceptors (Lipinski definition) is 6. The number of fused-ring (bicyclic) bond motifs is 1. The highest BCUT2D eigenvalue weighted by atomic mass is 35.5. The van der Waals surface area contributed by atoms with Crippen molar-refractivity contribution >= 4 is 46.1 Å². The van der Waals surface area contributed by atoms with Crippen LogP contribution in [0.4, 0.5) is 5.69 Å². The Morgan fingerprint density at radius 2 is 1.96 bits per heavy atom. The van der Waals surface area contributed by atoms with Crippen LogP contribution in [0.3, 0.4) is 0 Å². The number of amides is 1. The first kappa shape index (κ1) is 18.4. The lowest BCUT2D eigenvalue weighted by atomic mass is 10.2. The van der Waals surface area contributed by atoms with Gasteiger partial charge in [0.15, 0.2) is 17.1 Å². The predicted octanol–water partition coefficient (Wildman–Crippen LogP) is 4.62. The van der Waals surface area contributed by atoms with Gasteiger partial charge in [-0.2, -0.15) is 0 Å². The minimum Gasteiger partial charge on any atom is -0.493 e. The smallest absolute Gasteiger partial charge is 0.257 e. The standard InChI is InChI=1S/C18H17ClN2O4S/c1-10(26-18-21-13-6-4-11(19)8-15(13)25-18)17(22)20-12-5-7-14(23-2)16(9-12)24-3/h4-10H,1-3H3,(H,20,22)/t10-/m1/s1. The highest BCUT2D eigenvalue weighted by Crippen LogP contribution is 2.31. The van der Waals surface area contributed by atoms with Gasteiger partial charge in [0.1, 0.15) is 5.52 Å². The summed E-state index contributed by atoms with van der Waals surface area (Å²) in [6.45, 7) is 1.78. The number of carbonyl (C=O) groups excluding carboxylic acids is 1. The fraction of sp³-hybridized carbons (Fsp3) is 0.222. The average Bonchev–Trinajstić information content (AvgIpc) is 3.02. The lowest BCUT2D eigenvalue weighted by molar-refractivity contribution is -0.115. The van der Waals surface area contributed by atoms with Crippen molar-refractivity contribution in [1.29, 1.82) is 0 Å². The number of methoxy groups -OCH3 is 2. The van der Waals surface area contributed by atoms with E-state index in [9.17, 15) is 4.79 Å². The van der Waals surface area contributed by atoms with Crippen molar-refractivity contribution < 1.29 is 18.7 Å². The molecule has 0 spiro atoms. The van der Waals surface area contributed by atoms with Crippen LogP contribution in [0.15, 0.2) is 46.0 Å². The van der Waals surface area contributed by atoms with Crippen LogP contribution in [0.5, 0.6) is 11.5 Å². The Morgan fingerprint density at radius 3 is 2.69 bits per heavy atom. The van der Waals surface area contributed by atoms with Crippen molar-refractivity contribution in [2.75, 3.05) is 19.5 Å². The molecule has 0 bridgehead atoms. The third-order valence-corrected chi connectivity index (χ3v) is 4.81. The van der Waals surface area contributed by atoms with Crippen LogP contribution in [0.2, 0.25) is 5.02 Å². The van der Waals surface area contributed by atoms with E-state index in [0.717, 1.165) is 0 Å². The van der Waals surface area contributed by atoms with E-state index in [0.29, 0.717) is 38.5 Å². The Balaban J connectivity index is 1.69. The first-order chi connectivity index (χ1) is 12.5. The maximum Gasteiger partial charge on any atom is 0.257 e. The van der Waals surface area contributed by atoms with E-state index in [1.165, 1.54) is 11.8 Å². The number of nitrogens with one attached hydrogen (secondary N) is 1. The van der Waals surface area contributed by atoms with Crippen molar-refractivity contribution in [3.8, 4) is 11.5 Å². The fourth-order valence-electron chi connectivity index (χ4n) is 2.29. The molecule has 3 rings (SSSR count). The van der Waals surface area contributed by atoms with Crippen molar-refractivity contribution in [1.82, 2.24) is 4.98 Å². The number of aromatic nitrogens is 1. The largest absolute Gasteiger partial charge is 0.493 e. The molecule has 1 heterocycles. The maximum absolute atomic E-state index is 12.4. The van der Waals surface area contributed by atoms with Crippen LogP contribution in [0.25, 0.3) is 11.1 Å². The van der Waals surface area contributed by atoms with Crippen LogP contribution in [0, 0.1) is 0 Å². The molecule has 0 radical (unpaired) electrons. The van der Waals surface area contributed by atoms with Gasteiger partial charge in [0.05, 0.1) is 19.5 Å². The van der Waals surface area contributed by atoms with E-state index >= 15 is 0 Å². The highest BCUT2D eigenvalue weighted by molar-refractivity contribution is 8.00. The molecule has 0 unspecified atom stereocenters. The molecule has 0 saturated carbocycles. The van der Waals surface area contributed by atoms with E-state index in [1.807, 2.05) is 0 Å². The van der Waals surface area contributed by atoms with Gasteiger partial charge < -0.3 is 19.2 Å². The van der Waals surface area contributed by atoms with Crippen LogP contribution < -0.4 is 14.8 Å².